The topological polar surface area (TPSA) is 92.8 Å². The second-order valence-electron chi connectivity index (χ2n) is 5.37. The standard InChI is InChI=1S/C17H18INO4/c1-9-6-11(8-13(19)17(21)22)7-12(18)16(9)23-15-5-3-4-14(20)10(15)2/h3-7,13,20H,8,19H2,1-2H3,(H,21,22)/t13-/m1/s1. The fourth-order valence-electron chi connectivity index (χ4n) is 2.21. The minimum atomic E-state index is -1.02. The van der Waals surface area contributed by atoms with E-state index < -0.39 is 12.0 Å². The van der Waals surface area contributed by atoms with Gasteiger partial charge in [-0.25, -0.2) is 0 Å². The largest absolute Gasteiger partial charge is 0.508 e. The van der Waals surface area contributed by atoms with E-state index in [1.165, 1.54) is 0 Å². The monoisotopic (exact) mass is 427 g/mol. The molecule has 0 amide bonds. The van der Waals surface area contributed by atoms with Crippen molar-refractivity contribution in [1.29, 1.82) is 0 Å². The maximum atomic E-state index is 10.9. The molecule has 0 aliphatic heterocycles. The van der Waals surface area contributed by atoms with Crippen LogP contribution in [-0.4, -0.2) is 22.2 Å². The van der Waals surface area contributed by atoms with Crippen LogP contribution in [0.4, 0.5) is 0 Å². The number of rotatable bonds is 5. The van der Waals surface area contributed by atoms with E-state index in [2.05, 4.69) is 22.6 Å². The lowest BCUT2D eigenvalue weighted by Gasteiger charge is -2.15. The molecule has 5 nitrogen and oxygen atoms in total. The van der Waals surface area contributed by atoms with Gasteiger partial charge >= 0.3 is 5.97 Å². The Morgan fingerprint density at radius 1 is 1.35 bits per heavy atom. The molecule has 0 aliphatic rings. The first-order chi connectivity index (χ1) is 10.8. The van der Waals surface area contributed by atoms with Crippen LogP contribution < -0.4 is 10.5 Å². The van der Waals surface area contributed by atoms with Gasteiger partial charge in [-0.2, -0.15) is 0 Å². The lowest BCUT2D eigenvalue weighted by molar-refractivity contribution is -0.138. The second kappa shape index (κ2) is 7.18. The van der Waals surface area contributed by atoms with Crippen LogP contribution in [0.2, 0.25) is 0 Å². The van der Waals surface area contributed by atoms with Gasteiger partial charge in [0.1, 0.15) is 23.3 Å². The number of carbonyl (C=O) groups is 1. The van der Waals surface area contributed by atoms with E-state index in [1.54, 1.807) is 25.1 Å². The number of carboxylic acid groups (broad SMARTS) is 1. The molecule has 0 unspecified atom stereocenters. The Morgan fingerprint density at radius 3 is 2.65 bits per heavy atom. The minimum Gasteiger partial charge on any atom is -0.508 e. The van der Waals surface area contributed by atoms with Crippen molar-refractivity contribution in [2.75, 3.05) is 0 Å². The summed E-state index contributed by atoms with van der Waals surface area (Å²) in [5.74, 6) is 0.431. The first-order valence-corrected chi connectivity index (χ1v) is 8.11. The molecule has 0 bridgehead atoms. The lowest BCUT2D eigenvalue weighted by atomic mass is 10.0. The first-order valence-electron chi connectivity index (χ1n) is 7.03. The van der Waals surface area contributed by atoms with Crippen LogP contribution in [0.15, 0.2) is 30.3 Å². The molecule has 4 N–H and O–H groups in total. The molecule has 2 aromatic carbocycles. The average Bonchev–Trinajstić information content (AvgIpc) is 2.47. The van der Waals surface area contributed by atoms with Crippen molar-refractivity contribution in [2.24, 2.45) is 5.73 Å². The van der Waals surface area contributed by atoms with Gasteiger partial charge in [-0.1, -0.05) is 12.1 Å². The highest BCUT2D eigenvalue weighted by Crippen LogP contribution is 2.35. The molecule has 0 spiro atoms. The van der Waals surface area contributed by atoms with Crippen molar-refractivity contribution in [2.45, 2.75) is 26.3 Å². The first kappa shape index (κ1) is 17.6. The summed E-state index contributed by atoms with van der Waals surface area (Å²) in [6.45, 7) is 3.68. The third-order valence-electron chi connectivity index (χ3n) is 3.53. The van der Waals surface area contributed by atoms with Gasteiger partial charge in [-0.15, -0.1) is 0 Å². The van der Waals surface area contributed by atoms with E-state index in [9.17, 15) is 9.90 Å². The summed E-state index contributed by atoms with van der Waals surface area (Å²) in [5, 5.41) is 18.7. The molecule has 0 aromatic heterocycles. The zero-order valence-corrected chi connectivity index (χ0v) is 15.0. The fourth-order valence-corrected chi connectivity index (χ4v) is 3.15. The van der Waals surface area contributed by atoms with E-state index in [-0.39, 0.29) is 12.2 Å². The fraction of sp³-hybridized carbons (Fsp3) is 0.235. The average molecular weight is 427 g/mol. The summed E-state index contributed by atoms with van der Waals surface area (Å²) < 4.78 is 6.80. The Bertz CT molecular complexity index is 722. The summed E-state index contributed by atoms with van der Waals surface area (Å²) in [5.41, 5.74) is 7.98. The Morgan fingerprint density at radius 2 is 2.04 bits per heavy atom. The summed E-state index contributed by atoms with van der Waals surface area (Å²) in [7, 11) is 0. The minimum absolute atomic E-state index is 0.180. The summed E-state index contributed by atoms with van der Waals surface area (Å²) in [4.78, 5) is 10.9. The number of phenols is 1. The maximum Gasteiger partial charge on any atom is 0.320 e. The maximum absolute atomic E-state index is 10.9. The lowest BCUT2D eigenvalue weighted by Crippen LogP contribution is -2.32. The molecule has 23 heavy (non-hydrogen) atoms. The number of carboxylic acids is 1. The van der Waals surface area contributed by atoms with Crippen LogP contribution in [0.3, 0.4) is 0 Å². The number of hydrogen-bond donors (Lipinski definition) is 3. The Kier molecular flexibility index (Phi) is 5.48. The van der Waals surface area contributed by atoms with Gasteiger partial charge in [0.05, 0.1) is 3.57 Å². The van der Waals surface area contributed by atoms with Gasteiger partial charge in [0, 0.05) is 5.56 Å². The number of aliphatic carboxylic acids is 1. The zero-order chi connectivity index (χ0) is 17.1. The molecule has 0 saturated heterocycles. The van der Waals surface area contributed by atoms with Crippen LogP contribution in [0.25, 0.3) is 0 Å². The number of hydrogen-bond acceptors (Lipinski definition) is 4. The van der Waals surface area contributed by atoms with Crippen molar-refractivity contribution in [1.82, 2.24) is 0 Å². The van der Waals surface area contributed by atoms with Crippen molar-refractivity contribution < 1.29 is 19.7 Å². The molecular weight excluding hydrogens is 409 g/mol. The van der Waals surface area contributed by atoms with Gasteiger partial charge in [0.25, 0.3) is 0 Å². The number of aryl methyl sites for hydroxylation is 1. The predicted molar refractivity (Wildman–Crippen MR) is 96.1 cm³/mol. The van der Waals surface area contributed by atoms with Crippen molar-refractivity contribution in [3.8, 4) is 17.2 Å². The van der Waals surface area contributed by atoms with E-state index in [0.29, 0.717) is 17.1 Å². The summed E-state index contributed by atoms with van der Waals surface area (Å²) in [6, 6.07) is 7.93. The van der Waals surface area contributed by atoms with E-state index in [4.69, 9.17) is 15.6 Å². The number of halogens is 1. The molecule has 0 aliphatic carbocycles. The number of aromatic hydroxyl groups is 1. The molecular formula is C17H18INO4. The summed E-state index contributed by atoms with van der Waals surface area (Å²) in [6.07, 6.45) is 0.262. The van der Waals surface area contributed by atoms with Crippen LogP contribution in [0.5, 0.6) is 17.2 Å². The van der Waals surface area contributed by atoms with Gasteiger partial charge < -0.3 is 20.7 Å². The van der Waals surface area contributed by atoms with Crippen molar-refractivity contribution >= 4 is 28.6 Å². The Hall–Kier alpha value is -1.80. The Balaban J connectivity index is 2.30. The predicted octanol–water partition coefficient (Wildman–Crippen LogP) is 3.36. The highest BCUT2D eigenvalue weighted by molar-refractivity contribution is 14.1. The highest BCUT2D eigenvalue weighted by atomic mass is 127. The molecule has 0 radical (unpaired) electrons. The zero-order valence-electron chi connectivity index (χ0n) is 12.8. The Labute approximate surface area is 148 Å². The van der Waals surface area contributed by atoms with Crippen LogP contribution in [0.1, 0.15) is 16.7 Å². The third kappa shape index (κ3) is 4.14. The molecule has 122 valence electrons. The van der Waals surface area contributed by atoms with E-state index in [1.807, 2.05) is 19.1 Å². The molecule has 6 heteroatoms. The van der Waals surface area contributed by atoms with Gasteiger partial charge in [-0.3, -0.25) is 4.79 Å². The highest BCUT2D eigenvalue weighted by Gasteiger charge is 2.16. The van der Waals surface area contributed by atoms with E-state index >= 15 is 0 Å². The van der Waals surface area contributed by atoms with Crippen LogP contribution in [-0.2, 0) is 11.2 Å². The smallest absolute Gasteiger partial charge is 0.320 e. The normalized spacial score (nSPS) is 12.0. The third-order valence-corrected chi connectivity index (χ3v) is 4.33. The number of phenolic OH excluding ortho intramolecular Hbond substituents is 1. The quantitative estimate of drug-likeness (QED) is 0.637. The number of benzene rings is 2. The molecule has 1 atom stereocenters. The number of ether oxygens (including phenoxy) is 1. The molecule has 0 fully saturated rings. The molecule has 2 rings (SSSR count). The molecule has 0 saturated carbocycles. The molecule has 0 heterocycles. The second-order valence-corrected chi connectivity index (χ2v) is 6.54. The van der Waals surface area contributed by atoms with E-state index in [0.717, 1.165) is 14.7 Å². The number of nitrogens with two attached hydrogens (primary N) is 1. The SMILES string of the molecule is Cc1cc(C[C@@H](N)C(=O)O)cc(I)c1Oc1cccc(O)c1C. The van der Waals surface area contributed by atoms with Gasteiger partial charge in [-0.05, 0) is 72.2 Å². The summed E-state index contributed by atoms with van der Waals surface area (Å²) >= 11 is 2.15. The van der Waals surface area contributed by atoms with Gasteiger partial charge in [0.15, 0.2) is 0 Å². The van der Waals surface area contributed by atoms with Crippen LogP contribution in [0, 0.1) is 17.4 Å². The van der Waals surface area contributed by atoms with Crippen molar-refractivity contribution in [3.63, 3.8) is 0 Å². The molecule has 2 aromatic rings. The van der Waals surface area contributed by atoms with Gasteiger partial charge in [0.2, 0.25) is 0 Å². The van der Waals surface area contributed by atoms with Crippen molar-refractivity contribution in [3.05, 3.63) is 50.6 Å². The van der Waals surface area contributed by atoms with Crippen LogP contribution >= 0.6 is 22.6 Å².